The van der Waals surface area contributed by atoms with Crippen LogP contribution in [0.15, 0.2) is 36.4 Å². The second-order valence-electron chi connectivity index (χ2n) is 6.23. The number of hydrogen-bond acceptors (Lipinski definition) is 3. The van der Waals surface area contributed by atoms with E-state index in [0.29, 0.717) is 17.5 Å². The van der Waals surface area contributed by atoms with Crippen LogP contribution in [0.25, 0.3) is 10.9 Å². The zero-order chi connectivity index (χ0) is 14.2. The number of amides is 1. The molecule has 2 atom stereocenters. The van der Waals surface area contributed by atoms with E-state index in [2.05, 4.69) is 10.3 Å². The van der Waals surface area contributed by atoms with E-state index >= 15 is 0 Å². The fraction of sp³-hybridized carbons (Fsp3) is 0.412. The van der Waals surface area contributed by atoms with Gasteiger partial charge in [-0.2, -0.15) is 0 Å². The summed E-state index contributed by atoms with van der Waals surface area (Å²) in [5.41, 5.74) is 1.46. The van der Waals surface area contributed by atoms with Crippen molar-refractivity contribution < 1.29 is 4.79 Å². The van der Waals surface area contributed by atoms with Gasteiger partial charge in [0.05, 0.1) is 5.52 Å². The predicted molar refractivity (Wildman–Crippen MR) is 82.1 cm³/mol. The molecular weight excluding hydrogens is 262 g/mol. The summed E-state index contributed by atoms with van der Waals surface area (Å²) in [5, 5.41) is 4.53. The van der Waals surface area contributed by atoms with Gasteiger partial charge in [0.15, 0.2) is 0 Å². The minimum Gasteiger partial charge on any atom is -0.337 e. The monoisotopic (exact) mass is 281 g/mol. The fourth-order valence-corrected chi connectivity index (χ4v) is 3.62. The normalized spacial score (nSPS) is 25.0. The smallest absolute Gasteiger partial charge is 0.272 e. The number of pyridine rings is 1. The van der Waals surface area contributed by atoms with Crippen LogP contribution in [0.3, 0.4) is 0 Å². The molecule has 108 valence electrons. The molecule has 0 spiro atoms. The zero-order valence-electron chi connectivity index (χ0n) is 12.0. The SMILES string of the molecule is O=C(c1ccc2ccccc2n1)N1C[C@@H]2CNC[C@@H](C2)C1. The Hall–Kier alpha value is -1.94. The molecule has 0 unspecified atom stereocenters. The lowest BCUT2D eigenvalue weighted by Crippen LogP contribution is -2.52. The summed E-state index contributed by atoms with van der Waals surface area (Å²) in [7, 11) is 0. The third-order valence-electron chi connectivity index (χ3n) is 4.59. The lowest BCUT2D eigenvalue weighted by Gasteiger charge is -2.41. The second kappa shape index (κ2) is 5.11. The summed E-state index contributed by atoms with van der Waals surface area (Å²) >= 11 is 0. The van der Waals surface area contributed by atoms with Crippen LogP contribution in [0.2, 0.25) is 0 Å². The minimum absolute atomic E-state index is 0.0809. The molecule has 4 heteroatoms. The van der Waals surface area contributed by atoms with Gasteiger partial charge >= 0.3 is 0 Å². The number of piperidine rings is 2. The van der Waals surface area contributed by atoms with Crippen LogP contribution in [0.4, 0.5) is 0 Å². The van der Waals surface area contributed by atoms with E-state index in [1.807, 2.05) is 41.3 Å². The van der Waals surface area contributed by atoms with Crippen LogP contribution >= 0.6 is 0 Å². The molecule has 2 saturated heterocycles. The summed E-state index contributed by atoms with van der Waals surface area (Å²) in [5.74, 6) is 1.28. The van der Waals surface area contributed by atoms with Crippen LogP contribution in [0.5, 0.6) is 0 Å². The van der Waals surface area contributed by atoms with Gasteiger partial charge in [-0.15, -0.1) is 0 Å². The Morgan fingerprint density at radius 3 is 2.67 bits per heavy atom. The topological polar surface area (TPSA) is 45.2 Å². The first-order chi connectivity index (χ1) is 10.3. The first kappa shape index (κ1) is 12.8. The number of likely N-dealkylation sites (tertiary alicyclic amines) is 1. The molecule has 21 heavy (non-hydrogen) atoms. The first-order valence-corrected chi connectivity index (χ1v) is 7.65. The summed E-state index contributed by atoms with van der Waals surface area (Å²) in [6, 6.07) is 11.8. The van der Waals surface area contributed by atoms with Gasteiger partial charge in [-0.05, 0) is 43.5 Å². The standard InChI is InChI=1S/C17H19N3O/c21-17(20-10-12-7-13(11-20)9-18-8-12)16-6-5-14-3-1-2-4-15(14)19-16/h1-6,12-13,18H,7-11H2/t12-,13+. The number of nitrogens with zero attached hydrogens (tertiary/aromatic N) is 2. The summed E-state index contributed by atoms with van der Waals surface area (Å²) in [4.78, 5) is 19.3. The van der Waals surface area contributed by atoms with Gasteiger partial charge in [-0.3, -0.25) is 4.79 Å². The number of carbonyl (C=O) groups excluding carboxylic acids is 1. The van der Waals surface area contributed by atoms with E-state index in [4.69, 9.17) is 0 Å². The Balaban J connectivity index is 1.60. The molecule has 2 bridgehead atoms. The average molecular weight is 281 g/mol. The average Bonchev–Trinajstić information content (AvgIpc) is 2.53. The van der Waals surface area contributed by atoms with Crippen LogP contribution in [0, 0.1) is 11.8 Å². The molecule has 2 aromatic rings. The largest absolute Gasteiger partial charge is 0.337 e. The van der Waals surface area contributed by atoms with Gasteiger partial charge in [-0.1, -0.05) is 24.3 Å². The maximum atomic E-state index is 12.7. The quantitative estimate of drug-likeness (QED) is 0.868. The lowest BCUT2D eigenvalue weighted by atomic mass is 9.86. The van der Waals surface area contributed by atoms with Crippen molar-refractivity contribution in [2.24, 2.45) is 11.8 Å². The molecule has 3 heterocycles. The Bertz CT molecular complexity index is 673. The van der Waals surface area contributed by atoms with Crippen molar-refractivity contribution in [3.8, 4) is 0 Å². The number of nitrogens with one attached hydrogen (secondary N) is 1. The molecule has 1 N–H and O–H groups in total. The molecule has 1 aromatic carbocycles. The van der Waals surface area contributed by atoms with E-state index in [9.17, 15) is 4.79 Å². The number of aromatic nitrogens is 1. The molecule has 1 aromatic heterocycles. The van der Waals surface area contributed by atoms with E-state index in [0.717, 1.165) is 37.1 Å². The van der Waals surface area contributed by atoms with Gasteiger partial charge in [0.1, 0.15) is 5.69 Å². The fourth-order valence-electron chi connectivity index (χ4n) is 3.62. The van der Waals surface area contributed by atoms with Crippen molar-refractivity contribution >= 4 is 16.8 Å². The van der Waals surface area contributed by atoms with E-state index in [-0.39, 0.29) is 5.91 Å². The number of carbonyl (C=O) groups is 1. The number of fused-ring (bicyclic) bond motifs is 3. The van der Waals surface area contributed by atoms with Crippen molar-refractivity contribution in [3.05, 3.63) is 42.1 Å². The number of hydrogen-bond donors (Lipinski definition) is 1. The van der Waals surface area contributed by atoms with E-state index in [1.54, 1.807) is 0 Å². The highest BCUT2D eigenvalue weighted by molar-refractivity contribution is 5.95. The molecule has 0 radical (unpaired) electrons. The van der Waals surface area contributed by atoms with Crippen molar-refractivity contribution in [3.63, 3.8) is 0 Å². The molecular formula is C17H19N3O. The first-order valence-electron chi connectivity index (χ1n) is 7.65. The Kier molecular flexibility index (Phi) is 3.11. The zero-order valence-corrected chi connectivity index (χ0v) is 12.0. The maximum absolute atomic E-state index is 12.7. The van der Waals surface area contributed by atoms with E-state index < -0.39 is 0 Å². The summed E-state index contributed by atoms with van der Waals surface area (Å²) in [6.45, 7) is 3.78. The van der Waals surface area contributed by atoms with Crippen molar-refractivity contribution in [1.82, 2.24) is 15.2 Å². The molecule has 2 fully saturated rings. The molecule has 4 rings (SSSR count). The molecule has 2 aliphatic rings. The van der Waals surface area contributed by atoms with Gasteiger partial charge in [0.2, 0.25) is 0 Å². The molecule has 4 nitrogen and oxygen atoms in total. The highest BCUT2D eigenvalue weighted by Crippen LogP contribution is 2.25. The van der Waals surface area contributed by atoms with Crippen LogP contribution < -0.4 is 5.32 Å². The maximum Gasteiger partial charge on any atom is 0.272 e. The Labute approximate surface area is 124 Å². The van der Waals surface area contributed by atoms with Crippen molar-refractivity contribution in [1.29, 1.82) is 0 Å². The highest BCUT2D eigenvalue weighted by Gasteiger charge is 2.33. The van der Waals surface area contributed by atoms with Crippen molar-refractivity contribution in [2.45, 2.75) is 6.42 Å². The van der Waals surface area contributed by atoms with Crippen molar-refractivity contribution in [2.75, 3.05) is 26.2 Å². The lowest BCUT2D eigenvalue weighted by molar-refractivity contribution is 0.0532. The minimum atomic E-state index is 0.0809. The van der Waals surface area contributed by atoms with Gasteiger partial charge < -0.3 is 10.2 Å². The third-order valence-corrected chi connectivity index (χ3v) is 4.59. The Morgan fingerprint density at radius 1 is 1.10 bits per heavy atom. The van der Waals surface area contributed by atoms with Crippen LogP contribution in [-0.4, -0.2) is 42.0 Å². The highest BCUT2D eigenvalue weighted by atomic mass is 16.2. The summed E-state index contributed by atoms with van der Waals surface area (Å²) in [6.07, 6.45) is 1.25. The predicted octanol–water partition coefficient (Wildman–Crippen LogP) is 1.92. The molecule has 2 aliphatic heterocycles. The molecule has 1 amide bonds. The van der Waals surface area contributed by atoms with Gasteiger partial charge in [-0.25, -0.2) is 4.98 Å². The molecule has 0 saturated carbocycles. The van der Waals surface area contributed by atoms with Crippen LogP contribution in [0.1, 0.15) is 16.9 Å². The number of benzene rings is 1. The van der Waals surface area contributed by atoms with Gasteiger partial charge in [0.25, 0.3) is 5.91 Å². The number of para-hydroxylation sites is 1. The third kappa shape index (κ3) is 2.40. The van der Waals surface area contributed by atoms with E-state index in [1.165, 1.54) is 6.42 Å². The Morgan fingerprint density at radius 2 is 1.86 bits per heavy atom. The van der Waals surface area contributed by atoms with Gasteiger partial charge in [0, 0.05) is 18.5 Å². The summed E-state index contributed by atoms with van der Waals surface area (Å²) < 4.78 is 0. The number of rotatable bonds is 1. The van der Waals surface area contributed by atoms with Crippen LogP contribution in [-0.2, 0) is 0 Å². The second-order valence-corrected chi connectivity index (χ2v) is 6.23. The molecule has 0 aliphatic carbocycles.